The second-order valence-electron chi connectivity index (χ2n) is 3.21. The summed E-state index contributed by atoms with van der Waals surface area (Å²) >= 11 is 0. The number of hydrogen-bond acceptors (Lipinski definition) is 2. The van der Waals surface area contributed by atoms with E-state index in [1.54, 1.807) is 6.92 Å². The maximum absolute atomic E-state index is 13.1. The molecule has 84 valence electrons. The molecule has 0 amide bonds. The third-order valence-electron chi connectivity index (χ3n) is 1.80. The van der Waals surface area contributed by atoms with Crippen LogP contribution in [0.3, 0.4) is 0 Å². The summed E-state index contributed by atoms with van der Waals surface area (Å²) in [4.78, 5) is 0. The lowest BCUT2D eigenvalue weighted by Gasteiger charge is -2.15. The Labute approximate surface area is 87.3 Å². The van der Waals surface area contributed by atoms with Crippen LogP contribution < -0.4 is 5.84 Å². The van der Waals surface area contributed by atoms with Crippen molar-refractivity contribution in [3.05, 3.63) is 23.7 Å². The van der Waals surface area contributed by atoms with Gasteiger partial charge in [0, 0.05) is 12.6 Å². The van der Waals surface area contributed by atoms with Crippen molar-refractivity contribution >= 4 is 0 Å². The van der Waals surface area contributed by atoms with Gasteiger partial charge in [0.15, 0.2) is 0 Å². The Morgan fingerprint density at radius 3 is 1.93 bits per heavy atom. The molecule has 14 heavy (non-hydrogen) atoms. The van der Waals surface area contributed by atoms with Crippen LogP contribution in [0.4, 0.5) is 4.39 Å². The highest BCUT2D eigenvalue weighted by Gasteiger charge is 2.09. The summed E-state index contributed by atoms with van der Waals surface area (Å²) in [5, 5.41) is 0.961. The van der Waals surface area contributed by atoms with Gasteiger partial charge in [-0.3, -0.25) is 5.01 Å². The van der Waals surface area contributed by atoms with Crippen molar-refractivity contribution in [2.24, 2.45) is 11.8 Å². The van der Waals surface area contributed by atoms with Crippen LogP contribution in [0.5, 0.6) is 0 Å². The van der Waals surface area contributed by atoms with Crippen LogP contribution in [-0.2, 0) is 0 Å². The first-order valence-corrected chi connectivity index (χ1v) is 4.91. The molecule has 0 aromatic heterocycles. The Kier molecular flexibility index (Phi) is 8.44. The zero-order valence-corrected chi connectivity index (χ0v) is 10.2. The minimum Gasteiger partial charge on any atom is -0.290 e. The van der Waals surface area contributed by atoms with Crippen LogP contribution in [0.2, 0.25) is 0 Å². The van der Waals surface area contributed by atoms with Gasteiger partial charge in [0.05, 0.1) is 0 Å². The number of rotatable bonds is 3. The lowest BCUT2D eigenvalue weighted by molar-refractivity contribution is 0.323. The van der Waals surface area contributed by atoms with Crippen LogP contribution in [0, 0.1) is 5.92 Å². The summed E-state index contributed by atoms with van der Waals surface area (Å²) in [6, 6.07) is 0. The van der Waals surface area contributed by atoms with E-state index in [0.717, 1.165) is 10.6 Å². The second kappa shape index (κ2) is 7.56. The van der Waals surface area contributed by atoms with E-state index in [2.05, 4.69) is 6.58 Å². The monoisotopic (exact) mass is 202 g/mol. The number of halogens is 1. The summed E-state index contributed by atoms with van der Waals surface area (Å²) in [7, 11) is 1.46. The maximum atomic E-state index is 13.1. The van der Waals surface area contributed by atoms with Crippen molar-refractivity contribution in [3.8, 4) is 0 Å². The van der Waals surface area contributed by atoms with Crippen molar-refractivity contribution in [3.63, 3.8) is 0 Å². The van der Waals surface area contributed by atoms with Gasteiger partial charge >= 0.3 is 0 Å². The number of hydrogen-bond donors (Lipinski definition) is 1. The van der Waals surface area contributed by atoms with Gasteiger partial charge in [-0.2, -0.15) is 4.39 Å². The first kappa shape index (κ1) is 15.6. The van der Waals surface area contributed by atoms with Crippen molar-refractivity contribution in [2.75, 3.05) is 7.05 Å². The Hall–Kier alpha value is -0.830. The molecule has 0 atom stereocenters. The van der Waals surface area contributed by atoms with Crippen molar-refractivity contribution in [1.29, 1.82) is 0 Å². The Balaban J connectivity index is 0. The molecule has 0 rings (SSSR count). The molecule has 0 saturated carbocycles. The van der Waals surface area contributed by atoms with E-state index in [1.165, 1.54) is 7.05 Å². The highest BCUT2D eigenvalue weighted by Crippen LogP contribution is 2.21. The molecule has 0 unspecified atom stereocenters. The average Bonchev–Trinajstić information content (AvgIpc) is 2.17. The van der Waals surface area contributed by atoms with Gasteiger partial charge in [0.1, 0.15) is 0 Å². The zero-order valence-electron chi connectivity index (χ0n) is 10.2. The zero-order chi connectivity index (χ0) is 11.9. The van der Waals surface area contributed by atoms with E-state index >= 15 is 0 Å². The molecule has 0 aromatic rings. The highest BCUT2D eigenvalue weighted by atomic mass is 19.1. The summed E-state index contributed by atoms with van der Waals surface area (Å²) in [6.07, 6.45) is 0. The number of hydrazine groups is 1. The summed E-state index contributed by atoms with van der Waals surface area (Å²) in [5.74, 6) is 5.06. The van der Waals surface area contributed by atoms with Gasteiger partial charge in [-0.15, -0.1) is 0 Å². The molecule has 0 bridgehead atoms. The van der Waals surface area contributed by atoms with Crippen LogP contribution in [0.1, 0.15) is 34.6 Å². The molecule has 0 spiro atoms. The lowest BCUT2D eigenvalue weighted by Crippen LogP contribution is -2.24. The van der Waals surface area contributed by atoms with Crippen molar-refractivity contribution in [2.45, 2.75) is 34.6 Å². The van der Waals surface area contributed by atoms with Crippen molar-refractivity contribution < 1.29 is 4.39 Å². The summed E-state index contributed by atoms with van der Waals surface area (Å²) < 4.78 is 13.1. The molecule has 0 aromatic carbocycles. The Bertz CT molecular complexity index is 205. The molecule has 2 nitrogen and oxygen atoms in total. The largest absolute Gasteiger partial charge is 0.290 e. The fourth-order valence-corrected chi connectivity index (χ4v) is 0.830. The molecule has 2 N–H and O–H groups in total. The van der Waals surface area contributed by atoms with Gasteiger partial charge in [-0.25, -0.2) is 5.84 Å². The minimum absolute atomic E-state index is 0.246. The first-order chi connectivity index (χ1) is 6.37. The highest BCUT2D eigenvalue weighted by molar-refractivity contribution is 5.29. The number of allylic oxidation sites excluding steroid dienone is 2. The van der Waals surface area contributed by atoms with Gasteiger partial charge in [0.25, 0.3) is 0 Å². The SMILES string of the molecule is C=C(/C(C)=C(/F)N(C)N)C(C)C.CC. The molecule has 0 aliphatic heterocycles. The van der Waals surface area contributed by atoms with Gasteiger partial charge < -0.3 is 0 Å². The fourth-order valence-electron chi connectivity index (χ4n) is 0.830. The first-order valence-electron chi connectivity index (χ1n) is 4.91. The third-order valence-corrected chi connectivity index (χ3v) is 1.80. The van der Waals surface area contributed by atoms with Crippen molar-refractivity contribution in [1.82, 2.24) is 5.01 Å². The van der Waals surface area contributed by atoms with E-state index in [9.17, 15) is 4.39 Å². The van der Waals surface area contributed by atoms with E-state index in [1.807, 2.05) is 27.7 Å². The van der Waals surface area contributed by atoms with E-state index in [4.69, 9.17) is 5.84 Å². The van der Waals surface area contributed by atoms with Gasteiger partial charge in [-0.05, 0) is 18.4 Å². The van der Waals surface area contributed by atoms with Gasteiger partial charge in [-0.1, -0.05) is 34.3 Å². The molecule has 0 heterocycles. The molecular formula is C11H23FN2. The third kappa shape index (κ3) is 5.02. The van der Waals surface area contributed by atoms with Crippen LogP contribution in [-0.4, -0.2) is 12.1 Å². The molecule has 0 aliphatic rings. The lowest BCUT2D eigenvalue weighted by atomic mass is 9.99. The molecule has 0 saturated heterocycles. The quantitative estimate of drug-likeness (QED) is 0.329. The Morgan fingerprint density at radius 2 is 1.71 bits per heavy atom. The van der Waals surface area contributed by atoms with Crippen LogP contribution >= 0.6 is 0 Å². The average molecular weight is 202 g/mol. The smallest absolute Gasteiger partial charge is 0.206 e. The second-order valence-corrected chi connectivity index (χ2v) is 3.21. The Morgan fingerprint density at radius 1 is 1.36 bits per heavy atom. The predicted molar refractivity (Wildman–Crippen MR) is 61.1 cm³/mol. The number of nitrogens with two attached hydrogens (primary N) is 1. The van der Waals surface area contributed by atoms with E-state index < -0.39 is 5.95 Å². The molecule has 0 fully saturated rings. The van der Waals surface area contributed by atoms with Gasteiger partial charge in [0.2, 0.25) is 5.95 Å². The molecule has 0 radical (unpaired) electrons. The molecule has 3 heteroatoms. The van der Waals surface area contributed by atoms with Crippen LogP contribution in [0.25, 0.3) is 0 Å². The van der Waals surface area contributed by atoms with Crippen LogP contribution in [0.15, 0.2) is 23.7 Å². The fraction of sp³-hybridized carbons (Fsp3) is 0.636. The maximum Gasteiger partial charge on any atom is 0.206 e. The molecule has 0 aliphatic carbocycles. The summed E-state index contributed by atoms with van der Waals surface area (Å²) in [6.45, 7) is 13.4. The standard InChI is InChI=1S/C9H17FN2.C2H6/c1-6(2)7(3)8(4)9(10)12(5)11;1-2/h6H,3,11H2,1-2,4-5H3;1-2H3/b9-8-;. The number of nitrogens with zero attached hydrogens (tertiary/aromatic N) is 1. The summed E-state index contributed by atoms with van der Waals surface area (Å²) in [5.41, 5.74) is 1.31. The predicted octanol–water partition coefficient (Wildman–Crippen LogP) is 3.23. The normalized spacial score (nSPS) is 11.5. The van der Waals surface area contributed by atoms with E-state index in [0.29, 0.717) is 5.57 Å². The molecular weight excluding hydrogens is 179 g/mol. The topological polar surface area (TPSA) is 29.3 Å². The minimum atomic E-state index is -0.422. The van der Waals surface area contributed by atoms with E-state index in [-0.39, 0.29) is 5.92 Å².